The summed E-state index contributed by atoms with van der Waals surface area (Å²) in [6, 6.07) is 10.3. The van der Waals surface area contributed by atoms with E-state index in [-0.39, 0.29) is 11.4 Å². The molecule has 0 bridgehead atoms. The molecule has 0 aliphatic rings. The van der Waals surface area contributed by atoms with Gasteiger partial charge in [-0.3, -0.25) is 4.79 Å². The molecule has 2 nitrogen and oxygen atoms in total. The van der Waals surface area contributed by atoms with Crippen molar-refractivity contribution in [3.8, 4) is 0 Å². The quantitative estimate of drug-likeness (QED) is 0.548. The first-order valence-electron chi connectivity index (χ1n) is 6.37. The normalized spacial score (nSPS) is 11.3. The summed E-state index contributed by atoms with van der Waals surface area (Å²) in [5.41, 5.74) is 0.00797. The van der Waals surface area contributed by atoms with Crippen LogP contribution in [-0.2, 0) is 9.53 Å². The second kappa shape index (κ2) is 7.47. The fourth-order valence-electron chi connectivity index (χ4n) is 1.65. The summed E-state index contributed by atoms with van der Waals surface area (Å²) < 4.78 is 5.00. The van der Waals surface area contributed by atoms with Crippen LogP contribution in [0.3, 0.4) is 0 Å². The fraction of sp³-hybridized carbons (Fsp3) is 0.533. The number of benzene rings is 1. The number of hydrogen-bond acceptors (Lipinski definition) is 3. The van der Waals surface area contributed by atoms with E-state index < -0.39 is 0 Å². The van der Waals surface area contributed by atoms with E-state index in [4.69, 9.17) is 4.74 Å². The van der Waals surface area contributed by atoms with E-state index in [0.29, 0.717) is 13.0 Å². The Bertz CT molecular complexity index is 360. The van der Waals surface area contributed by atoms with Crippen molar-refractivity contribution in [2.24, 2.45) is 5.41 Å². The number of carbonyl (C=O) groups excluding carboxylic acids is 1. The summed E-state index contributed by atoms with van der Waals surface area (Å²) in [6.07, 6.45) is 1.50. The number of ether oxygens (including phenoxy) is 1. The van der Waals surface area contributed by atoms with Crippen molar-refractivity contribution in [2.45, 2.75) is 38.5 Å². The molecular formula is C15H22O2S. The molecule has 0 aliphatic heterocycles. The number of hydrogen-bond donors (Lipinski definition) is 0. The van der Waals surface area contributed by atoms with Crippen LogP contribution < -0.4 is 0 Å². The zero-order valence-electron chi connectivity index (χ0n) is 11.4. The van der Waals surface area contributed by atoms with Gasteiger partial charge in [0.15, 0.2) is 0 Å². The minimum Gasteiger partial charge on any atom is -0.466 e. The van der Waals surface area contributed by atoms with Gasteiger partial charge in [-0.25, -0.2) is 0 Å². The van der Waals surface area contributed by atoms with Gasteiger partial charge in [0.2, 0.25) is 0 Å². The zero-order valence-corrected chi connectivity index (χ0v) is 12.3. The van der Waals surface area contributed by atoms with Crippen molar-refractivity contribution in [1.82, 2.24) is 0 Å². The molecule has 1 aromatic rings. The van der Waals surface area contributed by atoms with Crippen LogP contribution in [0.4, 0.5) is 0 Å². The highest BCUT2D eigenvalue weighted by Gasteiger charge is 2.22. The van der Waals surface area contributed by atoms with Crippen molar-refractivity contribution in [3.05, 3.63) is 30.3 Å². The molecule has 1 aromatic carbocycles. The molecule has 0 fully saturated rings. The Balaban J connectivity index is 2.31. The maximum Gasteiger partial charge on any atom is 0.306 e. The van der Waals surface area contributed by atoms with Gasteiger partial charge in [0.25, 0.3) is 0 Å². The monoisotopic (exact) mass is 266 g/mol. The van der Waals surface area contributed by atoms with Gasteiger partial charge in [0.1, 0.15) is 0 Å². The molecule has 1 rings (SSSR count). The lowest BCUT2D eigenvalue weighted by atomic mass is 9.86. The predicted molar refractivity (Wildman–Crippen MR) is 76.8 cm³/mol. The van der Waals surface area contributed by atoms with Gasteiger partial charge in [0, 0.05) is 4.90 Å². The molecule has 0 radical (unpaired) electrons. The smallest absolute Gasteiger partial charge is 0.306 e. The van der Waals surface area contributed by atoms with E-state index in [0.717, 1.165) is 12.2 Å². The highest BCUT2D eigenvalue weighted by atomic mass is 32.2. The van der Waals surface area contributed by atoms with Crippen molar-refractivity contribution in [2.75, 3.05) is 12.4 Å². The van der Waals surface area contributed by atoms with Crippen LogP contribution >= 0.6 is 11.8 Å². The van der Waals surface area contributed by atoms with Crippen LogP contribution in [0.5, 0.6) is 0 Å². The lowest BCUT2D eigenvalue weighted by Crippen LogP contribution is -2.19. The second-order valence-electron chi connectivity index (χ2n) is 5.06. The molecule has 0 saturated heterocycles. The molecule has 0 saturated carbocycles. The van der Waals surface area contributed by atoms with Crippen LogP contribution in [0.25, 0.3) is 0 Å². The lowest BCUT2D eigenvalue weighted by Gasteiger charge is -2.23. The predicted octanol–water partition coefficient (Wildman–Crippen LogP) is 4.15. The third kappa shape index (κ3) is 6.10. The van der Waals surface area contributed by atoms with Crippen molar-refractivity contribution in [1.29, 1.82) is 0 Å². The van der Waals surface area contributed by atoms with Gasteiger partial charge < -0.3 is 4.74 Å². The van der Waals surface area contributed by atoms with Crippen LogP contribution in [-0.4, -0.2) is 18.3 Å². The maximum atomic E-state index is 11.5. The Labute approximate surface area is 114 Å². The molecule has 0 aliphatic carbocycles. The first-order chi connectivity index (χ1) is 8.53. The van der Waals surface area contributed by atoms with Gasteiger partial charge in [-0.1, -0.05) is 32.0 Å². The van der Waals surface area contributed by atoms with E-state index in [2.05, 4.69) is 26.0 Å². The summed E-state index contributed by atoms with van der Waals surface area (Å²) in [5, 5.41) is 0. The number of carbonyl (C=O) groups is 1. The molecule has 3 heteroatoms. The standard InChI is InChI=1S/C15H22O2S/c1-4-17-14(16)12-15(2,3)10-11-18-13-8-6-5-7-9-13/h5-9H,4,10-12H2,1-3H3. The zero-order chi connectivity index (χ0) is 13.4. The summed E-state index contributed by atoms with van der Waals surface area (Å²) in [5.74, 6) is 0.934. The van der Waals surface area contributed by atoms with Crippen LogP contribution in [0, 0.1) is 5.41 Å². The first kappa shape index (κ1) is 15.1. The Morgan fingerprint density at radius 1 is 1.28 bits per heavy atom. The number of rotatable bonds is 7. The highest BCUT2D eigenvalue weighted by molar-refractivity contribution is 7.99. The molecule has 0 amide bonds. The minimum atomic E-state index is -0.0905. The van der Waals surface area contributed by atoms with Gasteiger partial charge in [-0.15, -0.1) is 11.8 Å². The average Bonchev–Trinajstić information content (AvgIpc) is 2.29. The van der Waals surface area contributed by atoms with Gasteiger partial charge in [-0.2, -0.15) is 0 Å². The van der Waals surface area contributed by atoms with Crippen LogP contribution in [0.1, 0.15) is 33.6 Å². The lowest BCUT2D eigenvalue weighted by molar-refractivity contribution is -0.145. The third-order valence-electron chi connectivity index (χ3n) is 2.72. The van der Waals surface area contributed by atoms with E-state index in [1.165, 1.54) is 4.90 Å². The summed E-state index contributed by atoms with van der Waals surface area (Å²) >= 11 is 1.84. The average molecular weight is 266 g/mol. The summed E-state index contributed by atoms with van der Waals surface area (Å²) in [6.45, 7) is 6.55. The third-order valence-corrected chi connectivity index (χ3v) is 3.73. The van der Waals surface area contributed by atoms with Gasteiger partial charge in [0.05, 0.1) is 13.0 Å². The Morgan fingerprint density at radius 3 is 2.56 bits per heavy atom. The molecule has 0 spiro atoms. The first-order valence-corrected chi connectivity index (χ1v) is 7.35. The Morgan fingerprint density at radius 2 is 1.94 bits per heavy atom. The SMILES string of the molecule is CCOC(=O)CC(C)(C)CCSc1ccccc1. The number of thioether (sulfide) groups is 1. The topological polar surface area (TPSA) is 26.3 Å². The van der Waals surface area contributed by atoms with Crippen molar-refractivity contribution in [3.63, 3.8) is 0 Å². The van der Waals surface area contributed by atoms with Crippen LogP contribution in [0.2, 0.25) is 0 Å². The van der Waals surface area contributed by atoms with E-state index in [9.17, 15) is 4.79 Å². The molecule has 0 heterocycles. The molecule has 0 aromatic heterocycles. The van der Waals surface area contributed by atoms with Gasteiger partial charge >= 0.3 is 5.97 Å². The molecule has 0 atom stereocenters. The van der Waals surface area contributed by atoms with Crippen molar-refractivity contribution < 1.29 is 9.53 Å². The Hall–Kier alpha value is -0.960. The van der Waals surface area contributed by atoms with Crippen molar-refractivity contribution >= 4 is 17.7 Å². The maximum absolute atomic E-state index is 11.5. The second-order valence-corrected chi connectivity index (χ2v) is 6.23. The molecular weight excluding hydrogens is 244 g/mol. The molecule has 0 N–H and O–H groups in total. The van der Waals surface area contributed by atoms with E-state index in [1.54, 1.807) is 0 Å². The van der Waals surface area contributed by atoms with Crippen LogP contribution in [0.15, 0.2) is 35.2 Å². The Kier molecular flexibility index (Phi) is 6.27. The fourth-order valence-corrected chi connectivity index (χ4v) is 2.89. The number of esters is 1. The van der Waals surface area contributed by atoms with Gasteiger partial charge in [-0.05, 0) is 36.6 Å². The minimum absolute atomic E-state index is 0.00797. The largest absolute Gasteiger partial charge is 0.466 e. The molecule has 0 unspecified atom stereocenters. The van der Waals surface area contributed by atoms with E-state index in [1.807, 2.05) is 36.9 Å². The summed E-state index contributed by atoms with van der Waals surface area (Å²) in [4.78, 5) is 12.7. The molecule has 18 heavy (non-hydrogen) atoms. The highest BCUT2D eigenvalue weighted by Crippen LogP contribution is 2.29. The molecule has 100 valence electrons. The summed E-state index contributed by atoms with van der Waals surface area (Å²) in [7, 11) is 0. The van der Waals surface area contributed by atoms with E-state index >= 15 is 0 Å².